The minimum absolute atomic E-state index is 0.0401. The molecule has 0 radical (unpaired) electrons. The molecule has 1 aliphatic rings. The molecule has 2 rings (SSSR count). The van der Waals surface area contributed by atoms with Crippen LogP contribution in [0.1, 0.15) is 18.9 Å². The zero-order valence-electron chi connectivity index (χ0n) is 11.5. The molecule has 2 atom stereocenters. The van der Waals surface area contributed by atoms with E-state index < -0.39 is 5.82 Å². The highest BCUT2D eigenvalue weighted by atomic mass is 35.5. The third-order valence-corrected chi connectivity index (χ3v) is 3.61. The third-order valence-electron chi connectivity index (χ3n) is 3.26. The Kier molecular flexibility index (Phi) is 5.14. The number of hydrazone groups is 1. The lowest BCUT2D eigenvalue weighted by Gasteiger charge is -2.25. The number of benzene rings is 1. The van der Waals surface area contributed by atoms with Crippen molar-refractivity contribution in [3.63, 3.8) is 0 Å². The van der Waals surface area contributed by atoms with E-state index in [0.717, 1.165) is 6.29 Å². The lowest BCUT2D eigenvalue weighted by molar-refractivity contribution is -0.109. The molecule has 0 aliphatic carbocycles. The molecule has 1 unspecified atom stereocenters. The standard InChI is InChI=1S/C14H16ClFN2O3/c1-8-6-9(7-20)17-18-14(8)10-2-3-11(21-5-4-19)12(15)13(10)16/h2-3,7-9,17,19H,4-6H2,1H3/t8-,9?/m1/s1. The first-order valence-electron chi connectivity index (χ1n) is 6.59. The second-order valence-corrected chi connectivity index (χ2v) is 5.19. The topological polar surface area (TPSA) is 70.9 Å². The summed E-state index contributed by atoms with van der Waals surface area (Å²) in [6.45, 7) is 1.73. The van der Waals surface area contributed by atoms with Crippen molar-refractivity contribution in [2.45, 2.75) is 19.4 Å². The van der Waals surface area contributed by atoms with E-state index in [1.165, 1.54) is 12.1 Å². The zero-order valence-corrected chi connectivity index (χ0v) is 12.2. The van der Waals surface area contributed by atoms with Crippen molar-refractivity contribution in [2.75, 3.05) is 13.2 Å². The van der Waals surface area contributed by atoms with E-state index in [-0.39, 0.29) is 41.5 Å². The molecule has 1 heterocycles. The van der Waals surface area contributed by atoms with Gasteiger partial charge in [-0.05, 0) is 18.6 Å². The van der Waals surface area contributed by atoms with Crippen LogP contribution < -0.4 is 10.2 Å². The molecule has 5 nitrogen and oxygen atoms in total. The van der Waals surface area contributed by atoms with Gasteiger partial charge in [-0.1, -0.05) is 18.5 Å². The summed E-state index contributed by atoms with van der Waals surface area (Å²) in [7, 11) is 0. The molecule has 2 N–H and O–H groups in total. The Hall–Kier alpha value is -1.66. The molecule has 7 heteroatoms. The molecule has 0 spiro atoms. The van der Waals surface area contributed by atoms with Gasteiger partial charge in [0.1, 0.15) is 23.7 Å². The van der Waals surface area contributed by atoms with Crippen LogP contribution in [0.2, 0.25) is 5.02 Å². The molecule has 0 fully saturated rings. The average Bonchev–Trinajstić information content (AvgIpc) is 2.49. The number of ether oxygens (including phenoxy) is 1. The summed E-state index contributed by atoms with van der Waals surface area (Å²) >= 11 is 5.94. The highest BCUT2D eigenvalue weighted by Crippen LogP contribution is 2.31. The first-order valence-corrected chi connectivity index (χ1v) is 6.96. The lowest BCUT2D eigenvalue weighted by Crippen LogP contribution is -2.37. The number of aliphatic hydroxyl groups excluding tert-OH is 1. The van der Waals surface area contributed by atoms with Crippen molar-refractivity contribution >= 4 is 23.6 Å². The maximum atomic E-state index is 14.4. The van der Waals surface area contributed by atoms with E-state index in [9.17, 15) is 9.18 Å². The second kappa shape index (κ2) is 6.87. The third kappa shape index (κ3) is 3.33. The van der Waals surface area contributed by atoms with Crippen LogP contribution in [0.25, 0.3) is 0 Å². The minimum atomic E-state index is -0.621. The molecule has 21 heavy (non-hydrogen) atoms. The fourth-order valence-corrected chi connectivity index (χ4v) is 2.44. The van der Waals surface area contributed by atoms with Gasteiger partial charge < -0.3 is 14.6 Å². The number of hydrogen-bond acceptors (Lipinski definition) is 5. The SMILES string of the molecule is C[C@@H]1CC(C=O)NN=C1c1ccc(OCCO)c(Cl)c1F. The Morgan fingerprint density at radius 3 is 3.00 bits per heavy atom. The van der Waals surface area contributed by atoms with Gasteiger partial charge in [0.2, 0.25) is 0 Å². The quantitative estimate of drug-likeness (QED) is 0.812. The summed E-state index contributed by atoms with van der Waals surface area (Å²) in [5, 5.41) is 12.6. The molecule has 0 aromatic heterocycles. The number of aliphatic hydroxyl groups is 1. The summed E-state index contributed by atoms with van der Waals surface area (Å²) in [6, 6.07) is 2.72. The average molecular weight is 315 g/mol. The highest BCUT2D eigenvalue weighted by Gasteiger charge is 2.26. The van der Waals surface area contributed by atoms with E-state index in [0.29, 0.717) is 12.1 Å². The smallest absolute Gasteiger partial charge is 0.154 e. The van der Waals surface area contributed by atoms with Crippen molar-refractivity contribution < 1.29 is 19.0 Å². The highest BCUT2D eigenvalue weighted by molar-refractivity contribution is 6.32. The lowest BCUT2D eigenvalue weighted by atomic mass is 9.91. The van der Waals surface area contributed by atoms with Crippen molar-refractivity contribution in [1.29, 1.82) is 0 Å². The van der Waals surface area contributed by atoms with E-state index in [4.69, 9.17) is 21.4 Å². The Morgan fingerprint density at radius 1 is 1.62 bits per heavy atom. The Morgan fingerprint density at radius 2 is 2.38 bits per heavy atom. The van der Waals surface area contributed by atoms with Crippen LogP contribution in [0.4, 0.5) is 4.39 Å². The molecule has 0 amide bonds. The van der Waals surface area contributed by atoms with Crippen LogP contribution in [0.3, 0.4) is 0 Å². The maximum absolute atomic E-state index is 14.4. The van der Waals surface area contributed by atoms with Crippen LogP contribution >= 0.6 is 11.6 Å². The van der Waals surface area contributed by atoms with Gasteiger partial charge in [0, 0.05) is 11.5 Å². The first-order chi connectivity index (χ1) is 10.1. The molecule has 1 aromatic rings. The summed E-state index contributed by atoms with van der Waals surface area (Å²) < 4.78 is 19.5. The van der Waals surface area contributed by atoms with Crippen molar-refractivity contribution in [3.05, 3.63) is 28.5 Å². The van der Waals surface area contributed by atoms with Crippen molar-refractivity contribution in [2.24, 2.45) is 11.0 Å². The van der Waals surface area contributed by atoms with Crippen LogP contribution in [0.15, 0.2) is 17.2 Å². The fraction of sp³-hybridized carbons (Fsp3) is 0.429. The Bertz CT molecular complexity index is 565. The van der Waals surface area contributed by atoms with Gasteiger partial charge in [-0.2, -0.15) is 5.10 Å². The maximum Gasteiger partial charge on any atom is 0.154 e. The molecular weight excluding hydrogens is 299 g/mol. The zero-order chi connectivity index (χ0) is 15.4. The largest absolute Gasteiger partial charge is 0.490 e. The molecule has 0 saturated carbocycles. The number of nitrogens with one attached hydrogen (secondary N) is 1. The Labute approximate surface area is 126 Å². The fourth-order valence-electron chi connectivity index (χ4n) is 2.22. The number of hydrogen-bond donors (Lipinski definition) is 2. The van der Waals surface area contributed by atoms with E-state index in [2.05, 4.69) is 10.5 Å². The predicted octanol–water partition coefficient (Wildman–Crippen LogP) is 1.75. The van der Waals surface area contributed by atoms with Gasteiger partial charge in [0.25, 0.3) is 0 Å². The predicted molar refractivity (Wildman–Crippen MR) is 77.3 cm³/mol. The monoisotopic (exact) mass is 314 g/mol. The number of carbonyl (C=O) groups excluding carboxylic acids is 1. The summed E-state index contributed by atoms with van der Waals surface area (Å²) in [6.07, 6.45) is 1.33. The molecule has 1 aromatic carbocycles. The van der Waals surface area contributed by atoms with E-state index in [1.54, 1.807) is 0 Å². The molecule has 0 saturated heterocycles. The minimum Gasteiger partial charge on any atom is -0.490 e. The number of carbonyl (C=O) groups is 1. The first kappa shape index (κ1) is 15.7. The van der Waals surface area contributed by atoms with Crippen LogP contribution in [0, 0.1) is 11.7 Å². The van der Waals surface area contributed by atoms with Gasteiger partial charge in [-0.25, -0.2) is 4.39 Å². The summed E-state index contributed by atoms with van der Waals surface area (Å²) in [5.74, 6) is -0.518. The van der Waals surface area contributed by atoms with Gasteiger partial charge in [0.15, 0.2) is 5.82 Å². The van der Waals surface area contributed by atoms with E-state index >= 15 is 0 Å². The molecular formula is C14H16ClFN2O3. The molecule has 1 aliphatic heterocycles. The van der Waals surface area contributed by atoms with E-state index in [1.807, 2.05) is 6.92 Å². The Balaban J connectivity index is 2.31. The van der Waals surface area contributed by atoms with Gasteiger partial charge >= 0.3 is 0 Å². The molecule has 0 bridgehead atoms. The van der Waals surface area contributed by atoms with Crippen LogP contribution in [0.5, 0.6) is 5.75 Å². The number of aldehydes is 1. The van der Waals surface area contributed by atoms with Crippen LogP contribution in [-0.4, -0.2) is 36.4 Å². The summed E-state index contributed by atoms with van der Waals surface area (Å²) in [5.41, 5.74) is 3.48. The van der Waals surface area contributed by atoms with Gasteiger partial charge in [-0.3, -0.25) is 5.43 Å². The number of halogens is 2. The van der Waals surface area contributed by atoms with Gasteiger partial charge in [-0.15, -0.1) is 0 Å². The second-order valence-electron chi connectivity index (χ2n) is 4.82. The normalized spacial score (nSPS) is 21.4. The van der Waals surface area contributed by atoms with Crippen LogP contribution in [-0.2, 0) is 4.79 Å². The number of nitrogens with zero attached hydrogens (tertiary/aromatic N) is 1. The van der Waals surface area contributed by atoms with Crippen molar-refractivity contribution in [1.82, 2.24) is 5.43 Å². The van der Waals surface area contributed by atoms with Gasteiger partial charge in [0.05, 0.1) is 18.4 Å². The molecule has 114 valence electrons. The number of rotatable bonds is 5. The summed E-state index contributed by atoms with van der Waals surface area (Å²) in [4.78, 5) is 10.8. The van der Waals surface area contributed by atoms with Crippen molar-refractivity contribution in [3.8, 4) is 5.75 Å².